The number of rotatable bonds is 1. The highest BCUT2D eigenvalue weighted by molar-refractivity contribution is 6.83. The molecule has 1 rings (SSSR count). The second kappa shape index (κ2) is 3.12. The molecule has 0 aromatic heterocycles. The maximum absolute atomic E-state index is 2.45. The van der Waals surface area contributed by atoms with E-state index in [-0.39, 0.29) is 0 Å². The van der Waals surface area contributed by atoms with E-state index in [0.717, 1.165) is 0 Å². The molecule has 13 heavy (non-hydrogen) atoms. The van der Waals surface area contributed by atoms with Gasteiger partial charge in [-0.1, -0.05) is 57.8 Å². The minimum absolute atomic E-state index is 0.335. The quantitative estimate of drug-likeness (QED) is 0.550. The summed E-state index contributed by atoms with van der Waals surface area (Å²) in [5, 5.41) is 1.71. The van der Waals surface area contributed by atoms with Crippen LogP contribution in [0.5, 0.6) is 0 Å². The molecule has 0 aliphatic heterocycles. The van der Waals surface area contributed by atoms with E-state index >= 15 is 0 Å². The Labute approximate surface area is 83.7 Å². The first kappa shape index (κ1) is 10.8. The lowest BCUT2D eigenvalue weighted by Gasteiger charge is -2.20. The molecule has 0 saturated carbocycles. The van der Waals surface area contributed by atoms with E-state index < -0.39 is 8.07 Å². The van der Waals surface area contributed by atoms with Crippen molar-refractivity contribution in [3.63, 3.8) is 0 Å². The van der Waals surface area contributed by atoms with Crippen LogP contribution in [0.3, 0.4) is 0 Å². The summed E-state index contributed by atoms with van der Waals surface area (Å²) in [6, 6.07) is 0. The van der Waals surface area contributed by atoms with Crippen molar-refractivity contribution in [3.8, 4) is 0 Å². The second-order valence-electron chi connectivity index (χ2n) is 6.03. The molecule has 0 atom stereocenters. The summed E-state index contributed by atoms with van der Waals surface area (Å²) < 4.78 is 0. The zero-order chi connectivity index (χ0) is 10.3. The monoisotopic (exact) mass is 194 g/mol. The van der Waals surface area contributed by atoms with Crippen LogP contribution in [-0.2, 0) is 0 Å². The van der Waals surface area contributed by atoms with E-state index in [1.807, 2.05) is 0 Å². The van der Waals surface area contributed by atoms with E-state index in [9.17, 15) is 0 Å². The summed E-state index contributed by atoms with van der Waals surface area (Å²) in [5.41, 5.74) is 1.87. The first-order valence-corrected chi connectivity index (χ1v) is 8.63. The first-order valence-electron chi connectivity index (χ1n) is 5.13. The van der Waals surface area contributed by atoms with Gasteiger partial charge in [0.1, 0.15) is 0 Å². The molecule has 0 amide bonds. The molecule has 0 aromatic rings. The summed E-state index contributed by atoms with van der Waals surface area (Å²) in [4.78, 5) is 0. The highest BCUT2D eigenvalue weighted by atomic mass is 28.3. The van der Waals surface area contributed by atoms with Gasteiger partial charge >= 0.3 is 0 Å². The van der Waals surface area contributed by atoms with Gasteiger partial charge in [-0.3, -0.25) is 0 Å². The predicted molar refractivity (Wildman–Crippen MR) is 63.6 cm³/mol. The Bertz CT molecular complexity index is 256. The SMILES string of the molecule is CC(C)(C)C1=CCC([Si](C)(C)C)=C1. The van der Waals surface area contributed by atoms with Crippen LogP contribution in [0.25, 0.3) is 0 Å². The van der Waals surface area contributed by atoms with Crippen LogP contribution in [-0.4, -0.2) is 8.07 Å². The van der Waals surface area contributed by atoms with Gasteiger partial charge in [-0.05, 0) is 17.4 Å². The zero-order valence-corrected chi connectivity index (χ0v) is 10.9. The molecular weight excluding hydrogens is 172 g/mol. The lowest BCUT2D eigenvalue weighted by atomic mass is 9.87. The van der Waals surface area contributed by atoms with Crippen LogP contribution in [0.15, 0.2) is 22.9 Å². The van der Waals surface area contributed by atoms with E-state index in [0.29, 0.717) is 5.41 Å². The maximum atomic E-state index is 2.45. The van der Waals surface area contributed by atoms with Crippen LogP contribution in [0.2, 0.25) is 19.6 Å². The first-order chi connectivity index (χ1) is 5.71. The van der Waals surface area contributed by atoms with Crippen LogP contribution in [0, 0.1) is 5.41 Å². The maximum Gasteiger partial charge on any atom is 0.0728 e. The van der Waals surface area contributed by atoms with Gasteiger partial charge in [0.25, 0.3) is 0 Å². The van der Waals surface area contributed by atoms with Crippen molar-refractivity contribution < 1.29 is 0 Å². The molecule has 0 N–H and O–H groups in total. The van der Waals surface area contributed by atoms with Gasteiger partial charge in [0.05, 0.1) is 8.07 Å². The van der Waals surface area contributed by atoms with E-state index in [1.165, 1.54) is 12.0 Å². The molecule has 0 saturated heterocycles. The van der Waals surface area contributed by atoms with E-state index in [4.69, 9.17) is 0 Å². The van der Waals surface area contributed by atoms with Gasteiger partial charge in [-0.15, -0.1) is 0 Å². The van der Waals surface area contributed by atoms with Crippen molar-refractivity contribution in [2.24, 2.45) is 5.41 Å². The highest BCUT2D eigenvalue weighted by Crippen LogP contribution is 2.35. The average Bonchev–Trinajstić information content (AvgIpc) is 2.28. The van der Waals surface area contributed by atoms with Crippen molar-refractivity contribution in [2.75, 3.05) is 0 Å². The van der Waals surface area contributed by atoms with Crippen LogP contribution in [0.1, 0.15) is 27.2 Å². The third kappa shape index (κ3) is 2.57. The van der Waals surface area contributed by atoms with Gasteiger partial charge < -0.3 is 0 Å². The minimum Gasteiger partial charge on any atom is -0.0771 e. The topological polar surface area (TPSA) is 0 Å². The summed E-state index contributed by atoms with van der Waals surface area (Å²) in [7, 11) is -1.04. The highest BCUT2D eigenvalue weighted by Gasteiger charge is 2.25. The molecule has 1 aliphatic rings. The normalized spacial score (nSPS) is 18.6. The molecule has 74 valence electrons. The van der Waals surface area contributed by atoms with Crippen LogP contribution >= 0.6 is 0 Å². The molecular formula is C12H22Si. The zero-order valence-electron chi connectivity index (χ0n) is 9.86. The summed E-state index contributed by atoms with van der Waals surface area (Å²) in [6.45, 7) is 14.2. The lowest BCUT2D eigenvalue weighted by Crippen LogP contribution is -2.22. The number of hydrogen-bond donors (Lipinski definition) is 0. The Morgan fingerprint density at radius 3 is 1.92 bits per heavy atom. The molecule has 0 aromatic carbocycles. The molecule has 1 aliphatic carbocycles. The molecule has 0 heterocycles. The second-order valence-corrected chi connectivity index (χ2v) is 11.2. The van der Waals surface area contributed by atoms with Crippen molar-refractivity contribution in [1.29, 1.82) is 0 Å². The van der Waals surface area contributed by atoms with Crippen molar-refractivity contribution >= 4 is 8.07 Å². The molecule has 0 nitrogen and oxygen atoms in total. The largest absolute Gasteiger partial charge is 0.0771 e. The van der Waals surface area contributed by atoms with Crippen molar-refractivity contribution in [2.45, 2.75) is 46.8 Å². The Hall–Kier alpha value is -0.303. The predicted octanol–water partition coefficient (Wildman–Crippen LogP) is 4.17. The Balaban J connectivity index is 2.84. The van der Waals surface area contributed by atoms with Gasteiger partial charge in [0, 0.05) is 0 Å². The number of allylic oxidation sites excluding steroid dienone is 4. The lowest BCUT2D eigenvalue weighted by molar-refractivity contribution is 0.518. The Morgan fingerprint density at radius 2 is 1.69 bits per heavy atom. The van der Waals surface area contributed by atoms with Crippen LogP contribution < -0.4 is 0 Å². The van der Waals surface area contributed by atoms with E-state index in [2.05, 4.69) is 52.6 Å². The molecule has 0 radical (unpaired) electrons. The third-order valence-electron chi connectivity index (χ3n) is 2.70. The summed E-state index contributed by atoms with van der Waals surface area (Å²) >= 11 is 0. The van der Waals surface area contributed by atoms with Gasteiger partial charge in [-0.2, -0.15) is 0 Å². The van der Waals surface area contributed by atoms with Gasteiger partial charge in [0.2, 0.25) is 0 Å². The molecule has 0 fully saturated rings. The Morgan fingerprint density at radius 1 is 1.15 bits per heavy atom. The third-order valence-corrected chi connectivity index (χ3v) is 4.98. The smallest absolute Gasteiger partial charge is 0.0728 e. The van der Waals surface area contributed by atoms with Crippen LogP contribution in [0.4, 0.5) is 0 Å². The summed E-state index contributed by atoms with van der Waals surface area (Å²) in [6.07, 6.45) is 6.07. The van der Waals surface area contributed by atoms with Crippen molar-refractivity contribution in [1.82, 2.24) is 0 Å². The molecule has 0 unspecified atom stereocenters. The minimum atomic E-state index is -1.04. The Kier molecular flexibility index (Phi) is 2.59. The van der Waals surface area contributed by atoms with Gasteiger partial charge in [-0.25, -0.2) is 0 Å². The average molecular weight is 194 g/mol. The molecule has 1 heteroatoms. The van der Waals surface area contributed by atoms with E-state index in [1.54, 1.807) is 5.20 Å². The molecule has 0 spiro atoms. The summed E-state index contributed by atoms with van der Waals surface area (Å²) in [5.74, 6) is 0. The number of hydrogen-bond acceptors (Lipinski definition) is 0. The van der Waals surface area contributed by atoms with Gasteiger partial charge in [0.15, 0.2) is 0 Å². The standard InChI is InChI=1S/C12H22Si/c1-12(2,3)10-7-8-11(9-10)13(4,5)6/h7,9H,8H2,1-6H3. The fourth-order valence-electron chi connectivity index (χ4n) is 1.57. The molecule has 0 bridgehead atoms. The fraction of sp³-hybridized carbons (Fsp3) is 0.667. The van der Waals surface area contributed by atoms with Crippen molar-refractivity contribution in [3.05, 3.63) is 22.9 Å². The fourth-order valence-corrected chi connectivity index (χ4v) is 2.87.